The third-order valence-electron chi connectivity index (χ3n) is 2.73. The van der Waals surface area contributed by atoms with Crippen molar-refractivity contribution in [3.05, 3.63) is 48.0 Å². The fourth-order valence-electron chi connectivity index (χ4n) is 1.92. The molecule has 2 aromatic carbocycles. The van der Waals surface area contributed by atoms with Gasteiger partial charge in [-0.25, -0.2) is 0 Å². The molecule has 1 aliphatic heterocycles. The van der Waals surface area contributed by atoms with Gasteiger partial charge >= 0.3 is 0 Å². The Morgan fingerprint density at radius 2 is 1.05 bits per heavy atom. The van der Waals surface area contributed by atoms with Gasteiger partial charge in [0.05, 0.1) is 22.7 Å². The largest absolute Gasteiger partial charge is 0.352 e. The van der Waals surface area contributed by atoms with Crippen molar-refractivity contribution in [2.75, 3.05) is 10.6 Å². The minimum Gasteiger partial charge on any atom is -0.352 e. The maximum atomic E-state index is 3.45. The van der Waals surface area contributed by atoms with Crippen LogP contribution >= 0.6 is 0 Å². The van der Waals surface area contributed by atoms with Crippen molar-refractivity contribution >= 4 is 22.7 Å². The van der Waals surface area contributed by atoms with Crippen molar-refractivity contribution in [2.45, 2.75) is 48.5 Å². The Morgan fingerprint density at radius 1 is 0.571 bits per heavy atom. The summed E-state index contributed by atoms with van der Waals surface area (Å²) in [7, 11) is 0. The predicted octanol–water partition coefficient (Wildman–Crippen LogP) is 6.87. The van der Waals surface area contributed by atoms with Crippen LogP contribution in [0, 0.1) is 6.92 Å². The van der Waals surface area contributed by atoms with E-state index < -0.39 is 0 Å². The lowest BCUT2D eigenvalue weighted by Crippen LogP contribution is -2.06. The van der Waals surface area contributed by atoms with E-state index in [0.29, 0.717) is 0 Å². The van der Waals surface area contributed by atoms with Gasteiger partial charge in [0.25, 0.3) is 0 Å². The number of hydrogen-bond acceptors (Lipinski definition) is 2. The van der Waals surface area contributed by atoms with Crippen LogP contribution in [0.1, 0.15) is 47.1 Å². The fraction of sp³-hybridized carbons (Fsp3) is 0.368. The number of nitrogens with one attached hydrogen (secondary N) is 2. The summed E-state index contributed by atoms with van der Waals surface area (Å²) in [5, 5.41) is 6.87. The van der Waals surface area contributed by atoms with E-state index in [0.717, 1.165) is 17.1 Å². The van der Waals surface area contributed by atoms with E-state index in [1.54, 1.807) is 0 Å². The number of para-hydroxylation sites is 3. The molecule has 0 radical (unpaired) electrons. The molecule has 0 aliphatic carbocycles. The van der Waals surface area contributed by atoms with E-state index in [9.17, 15) is 0 Å². The van der Waals surface area contributed by atoms with Gasteiger partial charge in [-0.15, -0.1) is 0 Å². The molecule has 2 N–H and O–H groups in total. The maximum absolute atomic E-state index is 3.45. The number of fused-ring (bicyclic) bond motifs is 2. The molecule has 0 saturated heterocycles. The number of rotatable bonds is 0. The highest BCUT2D eigenvalue weighted by molar-refractivity contribution is 5.91. The van der Waals surface area contributed by atoms with Crippen molar-refractivity contribution in [3.63, 3.8) is 0 Å². The van der Waals surface area contributed by atoms with Gasteiger partial charge in [-0.3, -0.25) is 0 Å². The van der Waals surface area contributed by atoms with Gasteiger partial charge in [0.2, 0.25) is 0 Å². The highest BCUT2D eigenvalue weighted by Gasteiger charge is 2.14. The van der Waals surface area contributed by atoms with Gasteiger partial charge in [0, 0.05) is 0 Å². The zero-order valence-corrected chi connectivity index (χ0v) is 14.5. The van der Waals surface area contributed by atoms with Crippen LogP contribution in [-0.4, -0.2) is 0 Å². The third kappa shape index (κ3) is 4.82. The molecule has 0 bridgehead atoms. The van der Waals surface area contributed by atoms with E-state index in [2.05, 4.69) is 47.9 Å². The second-order valence-electron chi connectivity index (χ2n) is 3.79. The minimum absolute atomic E-state index is 1.13. The number of benzene rings is 2. The lowest BCUT2D eigenvalue weighted by molar-refractivity contribution is 1.38. The number of aryl methyl sites for hydroxylation is 1. The molecular weight excluding hydrogens is 256 g/mol. The molecule has 0 aromatic heterocycles. The topological polar surface area (TPSA) is 24.1 Å². The van der Waals surface area contributed by atoms with Crippen LogP contribution in [0.25, 0.3) is 0 Å². The zero-order valence-electron chi connectivity index (χ0n) is 14.5. The molecule has 2 nitrogen and oxygen atoms in total. The first-order valence-corrected chi connectivity index (χ1v) is 8.07. The van der Waals surface area contributed by atoms with Crippen LogP contribution in [0.2, 0.25) is 0 Å². The summed E-state index contributed by atoms with van der Waals surface area (Å²) < 4.78 is 0. The van der Waals surface area contributed by atoms with Gasteiger partial charge in [0.1, 0.15) is 0 Å². The van der Waals surface area contributed by atoms with Crippen molar-refractivity contribution in [1.29, 1.82) is 0 Å². The molecule has 0 amide bonds. The Labute approximate surface area is 130 Å². The molecule has 3 rings (SSSR count). The average Bonchev–Trinajstić information content (AvgIpc) is 2.59. The highest BCUT2D eigenvalue weighted by atomic mass is 15.0. The molecular formula is C19H30N2. The summed E-state index contributed by atoms with van der Waals surface area (Å²) in [6.45, 7) is 14.1. The Bertz CT molecular complexity index is 519. The molecule has 0 spiro atoms. The first kappa shape index (κ1) is 19.0. The number of anilines is 4. The Hall–Kier alpha value is -1.96. The van der Waals surface area contributed by atoms with Crippen LogP contribution in [0.5, 0.6) is 0 Å². The van der Waals surface area contributed by atoms with Crippen molar-refractivity contribution < 1.29 is 0 Å². The molecule has 0 saturated carbocycles. The van der Waals surface area contributed by atoms with E-state index in [1.807, 2.05) is 53.7 Å². The summed E-state index contributed by atoms with van der Waals surface area (Å²) in [5.74, 6) is 0. The molecule has 21 heavy (non-hydrogen) atoms. The lowest BCUT2D eigenvalue weighted by atomic mass is 10.1. The first-order valence-electron chi connectivity index (χ1n) is 8.07. The van der Waals surface area contributed by atoms with Gasteiger partial charge in [-0.2, -0.15) is 0 Å². The summed E-state index contributed by atoms with van der Waals surface area (Å²) in [5.41, 5.74) is 5.86. The van der Waals surface area contributed by atoms with Gasteiger partial charge in [0.15, 0.2) is 0 Å². The van der Waals surface area contributed by atoms with Crippen LogP contribution in [0.15, 0.2) is 42.5 Å². The van der Waals surface area contributed by atoms with Gasteiger partial charge < -0.3 is 10.6 Å². The zero-order chi connectivity index (χ0) is 16.3. The third-order valence-corrected chi connectivity index (χ3v) is 2.73. The van der Waals surface area contributed by atoms with E-state index in [1.165, 1.54) is 11.3 Å². The molecule has 1 heterocycles. The Morgan fingerprint density at radius 3 is 1.62 bits per heavy atom. The monoisotopic (exact) mass is 286 g/mol. The minimum atomic E-state index is 1.13. The normalized spacial score (nSPS) is 9.48. The highest BCUT2D eigenvalue weighted by Crippen LogP contribution is 2.39. The summed E-state index contributed by atoms with van der Waals surface area (Å²) in [6, 6.07) is 14.5. The van der Waals surface area contributed by atoms with Crippen LogP contribution in [0.4, 0.5) is 22.7 Å². The van der Waals surface area contributed by atoms with Gasteiger partial charge in [-0.05, 0) is 30.7 Å². The summed E-state index contributed by atoms with van der Waals surface area (Å²) in [6.07, 6.45) is 0. The summed E-state index contributed by atoms with van der Waals surface area (Å²) in [4.78, 5) is 0. The van der Waals surface area contributed by atoms with E-state index in [-0.39, 0.29) is 0 Å². The Balaban J connectivity index is 0.000000598. The molecule has 1 aliphatic rings. The molecule has 0 atom stereocenters. The van der Waals surface area contributed by atoms with Crippen LogP contribution in [-0.2, 0) is 0 Å². The molecule has 116 valence electrons. The van der Waals surface area contributed by atoms with Crippen LogP contribution in [0.3, 0.4) is 0 Å². The summed E-state index contributed by atoms with van der Waals surface area (Å²) >= 11 is 0. The van der Waals surface area contributed by atoms with E-state index in [4.69, 9.17) is 0 Å². The first-order chi connectivity index (χ1) is 10.3. The smallest absolute Gasteiger partial charge is 0.0653 e. The fourth-order valence-corrected chi connectivity index (χ4v) is 1.92. The average molecular weight is 286 g/mol. The van der Waals surface area contributed by atoms with Gasteiger partial charge in [-0.1, -0.05) is 65.8 Å². The van der Waals surface area contributed by atoms with Crippen molar-refractivity contribution in [2.24, 2.45) is 0 Å². The molecule has 2 aromatic rings. The lowest BCUT2D eigenvalue weighted by Gasteiger charge is -2.24. The van der Waals surface area contributed by atoms with E-state index >= 15 is 0 Å². The second kappa shape index (κ2) is 10.8. The standard InChI is InChI=1S/C13H12N2.3C2H6/c1-9-5-4-8-12-13(9)15-11-7-3-2-6-10(11)14-12;3*1-2/h2-8,14-15H,1H3;3*1-2H3. The quantitative estimate of drug-likeness (QED) is 0.471. The maximum Gasteiger partial charge on any atom is 0.0653 e. The van der Waals surface area contributed by atoms with Crippen LogP contribution < -0.4 is 10.6 Å². The van der Waals surface area contributed by atoms with Crippen molar-refractivity contribution in [3.8, 4) is 0 Å². The van der Waals surface area contributed by atoms with Crippen molar-refractivity contribution in [1.82, 2.24) is 0 Å². The molecule has 0 fully saturated rings. The second-order valence-corrected chi connectivity index (χ2v) is 3.79. The predicted molar refractivity (Wildman–Crippen MR) is 98.2 cm³/mol. The Kier molecular flexibility index (Phi) is 9.78. The number of hydrogen-bond donors (Lipinski definition) is 2. The molecule has 2 heteroatoms. The molecule has 0 unspecified atom stereocenters. The SMILES string of the molecule is CC.CC.CC.Cc1cccc2c1Nc1ccccc1N2.